The topological polar surface area (TPSA) is 18.5 Å². The van der Waals surface area contributed by atoms with Crippen molar-refractivity contribution in [3.05, 3.63) is 35.4 Å². The molecule has 1 aliphatic carbocycles. The van der Waals surface area contributed by atoms with Crippen LogP contribution in [-0.4, -0.2) is 18.6 Å². The molecule has 0 aromatic heterocycles. The molecule has 0 bridgehead atoms. The lowest BCUT2D eigenvalue weighted by Gasteiger charge is -2.14. The molecule has 2 nitrogen and oxygen atoms in total. The highest BCUT2D eigenvalue weighted by atomic mass is 35.5. The lowest BCUT2D eigenvalue weighted by Crippen LogP contribution is -2.11. The van der Waals surface area contributed by atoms with Crippen LogP contribution in [0.1, 0.15) is 36.2 Å². The van der Waals surface area contributed by atoms with Gasteiger partial charge in [0, 0.05) is 5.56 Å². The maximum Gasteiger partial charge on any atom is 0.184 e. The van der Waals surface area contributed by atoms with E-state index in [4.69, 9.17) is 21.1 Å². The number of halogens is 1. The van der Waals surface area contributed by atoms with Crippen molar-refractivity contribution in [2.45, 2.75) is 31.2 Å². The molecule has 1 aliphatic heterocycles. The lowest BCUT2D eigenvalue weighted by molar-refractivity contribution is -0.0572. The molecule has 0 N–H and O–H groups in total. The smallest absolute Gasteiger partial charge is 0.184 e. The summed E-state index contributed by atoms with van der Waals surface area (Å²) in [5.74, 6) is 1.22. The van der Waals surface area contributed by atoms with Crippen LogP contribution in [0, 0.1) is 0 Å². The summed E-state index contributed by atoms with van der Waals surface area (Å²) in [4.78, 5) is 0. The van der Waals surface area contributed by atoms with E-state index in [0.717, 1.165) is 5.92 Å². The van der Waals surface area contributed by atoms with E-state index in [2.05, 4.69) is 18.2 Å². The zero-order chi connectivity index (χ0) is 11.0. The van der Waals surface area contributed by atoms with Crippen LogP contribution in [0.25, 0.3) is 0 Å². The van der Waals surface area contributed by atoms with Crippen molar-refractivity contribution in [2.75, 3.05) is 12.5 Å². The molecular weight excluding hydrogens is 224 g/mol. The minimum Gasteiger partial charge on any atom is -0.346 e. The highest BCUT2D eigenvalue weighted by Crippen LogP contribution is 2.44. The van der Waals surface area contributed by atoms with E-state index in [0.29, 0.717) is 12.5 Å². The molecule has 1 aromatic carbocycles. The van der Waals surface area contributed by atoms with Gasteiger partial charge in [-0.05, 0) is 24.3 Å². The Morgan fingerprint density at radius 1 is 1.19 bits per heavy atom. The molecule has 2 atom stereocenters. The van der Waals surface area contributed by atoms with Crippen molar-refractivity contribution in [3.8, 4) is 0 Å². The SMILES string of the molecule is ClCC1COC(c2ccccc2C2CC2)O1. The Hall–Kier alpha value is -0.570. The van der Waals surface area contributed by atoms with E-state index in [1.54, 1.807) is 0 Å². The third-order valence-corrected chi connectivity index (χ3v) is 3.53. The Kier molecular flexibility index (Phi) is 2.88. The number of hydrogen-bond donors (Lipinski definition) is 0. The summed E-state index contributed by atoms with van der Waals surface area (Å²) in [7, 11) is 0. The van der Waals surface area contributed by atoms with E-state index >= 15 is 0 Å². The molecule has 2 unspecified atom stereocenters. The van der Waals surface area contributed by atoms with E-state index in [1.165, 1.54) is 24.0 Å². The molecule has 0 amide bonds. The largest absolute Gasteiger partial charge is 0.346 e. The second-order valence-corrected chi connectivity index (χ2v) is 4.79. The predicted molar refractivity (Wildman–Crippen MR) is 62.7 cm³/mol. The van der Waals surface area contributed by atoms with E-state index in [9.17, 15) is 0 Å². The average molecular weight is 239 g/mol. The maximum absolute atomic E-state index is 5.77. The summed E-state index contributed by atoms with van der Waals surface area (Å²) >= 11 is 5.77. The highest BCUT2D eigenvalue weighted by Gasteiger charge is 2.32. The highest BCUT2D eigenvalue weighted by molar-refractivity contribution is 6.18. The molecule has 0 spiro atoms. The Morgan fingerprint density at radius 3 is 2.56 bits per heavy atom. The van der Waals surface area contributed by atoms with Crippen molar-refractivity contribution >= 4 is 11.6 Å². The van der Waals surface area contributed by atoms with Crippen molar-refractivity contribution in [3.63, 3.8) is 0 Å². The van der Waals surface area contributed by atoms with Crippen LogP contribution in [0.2, 0.25) is 0 Å². The van der Waals surface area contributed by atoms with Gasteiger partial charge in [0.05, 0.1) is 18.6 Å². The van der Waals surface area contributed by atoms with E-state index in [-0.39, 0.29) is 12.4 Å². The van der Waals surface area contributed by atoms with Gasteiger partial charge in [0.2, 0.25) is 0 Å². The van der Waals surface area contributed by atoms with E-state index in [1.807, 2.05) is 6.07 Å². The summed E-state index contributed by atoms with van der Waals surface area (Å²) in [6, 6.07) is 8.43. The first-order valence-corrected chi connectivity index (χ1v) is 6.34. The summed E-state index contributed by atoms with van der Waals surface area (Å²) < 4.78 is 11.4. The molecule has 3 rings (SSSR count). The Labute approximate surface area is 101 Å². The van der Waals surface area contributed by atoms with Gasteiger partial charge in [0.1, 0.15) is 0 Å². The van der Waals surface area contributed by atoms with Gasteiger partial charge in [0.25, 0.3) is 0 Å². The molecule has 3 heteroatoms. The minimum absolute atomic E-state index is 0.0407. The Balaban J connectivity index is 1.83. The molecule has 86 valence electrons. The zero-order valence-electron chi connectivity index (χ0n) is 9.06. The third kappa shape index (κ3) is 1.97. The molecular formula is C13H15ClO2. The first-order valence-electron chi connectivity index (χ1n) is 5.80. The average Bonchev–Trinajstić information content (AvgIpc) is 3.07. The fraction of sp³-hybridized carbons (Fsp3) is 0.538. The van der Waals surface area contributed by atoms with Gasteiger partial charge in [-0.3, -0.25) is 0 Å². The van der Waals surface area contributed by atoms with Crippen LogP contribution < -0.4 is 0 Å². The monoisotopic (exact) mass is 238 g/mol. The van der Waals surface area contributed by atoms with Crippen molar-refractivity contribution in [1.82, 2.24) is 0 Å². The normalized spacial score (nSPS) is 29.6. The van der Waals surface area contributed by atoms with Crippen LogP contribution in [-0.2, 0) is 9.47 Å². The Bertz CT molecular complexity index is 376. The predicted octanol–water partition coefficient (Wildman–Crippen LogP) is 3.22. The summed E-state index contributed by atoms with van der Waals surface area (Å²) in [6.45, 7) is 0.604. The fourth-order valence-corrected chi connectivity index (χ4v) is 2.35. The molecule has 16 heavy (non-hydrogen) atoms. The van der Waals surface area contributed by atoms with Gasteiger partial charge in [0.15, 0.2) is 6.29 Å². The first-order chi connectivity index (χ1) is 7.88. The number of alkyl halides is 1. The molecule has 2 fully saturated rings. The Morgan fingerprint density at radius 2 is 1.94 bits per heavy atom. The number of ether oxygens (including phenoxy) is 2. The molecule has 0 radical (unpaired) electrons. The molecule has 1 saturated heterocycles. The maximum atomic E-state index is 5.77. The van der Waals surface area contributed by atoms with Gasteiger partial charge >= 0.3 is 0 Å². The van der Waals surface area contributed by atoms with Crippen molar-refractivity contribution < 1.29 is 9.47 Å². The second kappa shape index (κ2) is 4.36. The number of benzene rings is 1. The number of rotatable bonds is 3. The van der Waals surface area contributed by atoms with Crippen LogP contribution in [0.15, 0.2) is 24.3 Å². The second-order valence-electron chi connectivity index (χ2n) is 4.48. The van der Waals surface area contributed by atoms with Crippen LogP contribution in [0.3, 0.4) is 0 Å². The zero-order valence-corrected chi connectivity index (χ0v) is 9.82. The van der Waals surface area contributed by atoms with Crippen LogP contribution in [0.5, 0.6) is 0 Å². The standard InChI is InChI=1S/C13H15ClO2/c14-7-10-8-15-13(16-10)12-4-2-1-3-11(12)9-5-6-9/h1-4,9-10,13H,5-8H2. The third-order valence-electron chi connectivity index (χ3n) is 3.19. The summed E-state index contributed by atoms with van der Waals surface area (Å²) in [6.07, 6.45) is 2.42. The van der Waals surface area contributed by atoms with Gasteiger partial charge in [-0.25, -0.2) is 0 Å². The van der Waals surface area contributed by atoms with Gasteiger partial charge < -0.3 is 9.47 Å². The minimum atomic E-state index is -0.208. The first kappa shape index (κ1) is 10.6. The van der Waals surface area contributed by atoms with Crippen molar-refractivity contribution in [1.29, 1.82) is 0 Å². The van der Waals surface area contributed by atoms with E-state index < -0.39 is 0 Å². The summed E-state index contributed by atoms with van der Waals surface area (Å²) in [5, 5.41) is 0. The molecule has 1 heterocycles. The van der Waals surface area contributed by atoms with Crippen LogP contribution >= 0.6 is 11.6 Å². The molecule has 1 saturated carbocycles. The number of hydrogen-bond acceptors (Lipinski definition) is 2. The lowest BCUT2D eigenvalue weighted by atomic mass is 10.0. The summed E-state index contributed by atoms with van der Waals surface area (Å²) in [5.41, 5.74) is 2.58. The van der Waals surface area contributed by atoms with Gasteiger partial charge in [-0.2, -0.15) is 0 Å². The molecule has 2 aliphatic rings. The van der Waals surface area contributed by atoms with Gasteiger partial charge in [-0.1, -0.05) is 24.3 Å². The fourth-order valence-electron chi connectivity index (χ4n) is 2.18. The quantitative estimate of drug-likeness (QED) is 0.753. The van der Waals surface area contributed by atoms with Crippen LogP contribution in [0.4, 0.5) is 0 Å². The van der Waals surface area contributed by atoms with Crippen molar-refractivity contribution in [2.24, 2.45) is 0 Å². The molecule has 1 aromatic rings. The van der Waals surface area contributed by atoms with Gasteiger partial charge in [-0.15, -0.1) is 11.6 Å².